The monoisotopic (exact) mass is 357 g/mol. The number of rotatable bonds is 3. The molecule has 0 aliphatic carbocycles. The Morgan fingerprint density at radius 2 is 2.05 bits per heavy atom. The lowest BCUT2D eigenvalue weighted by molar-refractivity contribution is 0.0696. The number of hydrogen-bond donors (Lipinski definition) is 1. The van der Waals surface area contributed by atoms with Gasteiger partial charge in [-0.15, -0.1) is 0 Å². The highest BCUT2D eigenvalue weighted by Crippen LogP contribution is 2.23. The summed E-state index contributed by atoms with van der Waals surface area (Å²) in [6.45, 7) is 4.11. The number of pyridine rings is 1. The van der Waals surface area contributed by atoms with Crippen molar-refractivity contribution in [2.75, 3.05) is 37.7 Å². The van der Waals surface area contributed by atoms with E-state index in [1.165, 1.54) is 6.07 Å². The zero-order valence-electron chi connectivity index (χ0n) is 11.6. The van der Waals surface area contributed by atoms with Crippen LogP contribution in [0.3, 0.4) is 0 Å². The number of anilines is 1. The number of aromatic nitrogens is 1. The fraction of sp³-hybridized carbons (Fsp3) is 0.462. The Morgan fingerprint density at radius 3 is 2.62 bits per heavy atom. The largest absolute Gasteiger partial charge is 0.478 e. The third-order valence-electron chi connectivity index (χ3n) is 3.17. The summed E-state index contributed by atoms with van der Waals surface area (Å²) in [6.07, 6.45) is 1.24. The van der Waals surface area contributed by atoms with Gasteiger partial charge >= 0.3 is 12.1 Å². The van der Waals surface area contributed by atoms with Crippen LogP contribution in [0.25, 0.3) is 0 Å². The Balaban J connectivity index is 2.09. The summed E-state index contributed by atoms with van der Waals surface area (Å²) in [6, 6.07) is 1.53. The average Bonchev–Trinajstić information content (AvgIpc) is 2.47. The van der Waals surface area contributed by atoms with E-state index in [1.54, 1.807) is 18.0 Å². The summed E-state index contributed by atoms with van der Waals surface area (Å²) in [7, 11) is 0. The number of halogens is 1. The number of aromatic carboxylic acids is 1. The van der Waals surface area contributed by atoms with Crippen LogP contribution in [0, 0.1) is 0 Å². The first kappa shape index (κ1) is 15.6. The van der Waals surface area contributed by atoms with Gasteiger partial charge in [0.25, 0.3) is 0 Å². The van der Waals surface area contributed by atoms with Crippen LogP contribution in [0.2, 0.25) is 0 Å². The van der Waals surface area contributed by atoms with Crippen molar-refractivity contribution in [3.8, 4) is 0 Å². The molecule has 1 fully saturated rings. The van der Waals surface area contributed by atoms with Gasteiger partial charge in [0.2, 0.25) is 0 Å². The molecular weight excluding hydrogens is 342 g/mol. The minimum atomic E-state index is -1.02. The van der Waals surface area contributed by atoms with Gasteiger partial charge in [-0.05, 0) is 28.9 Å². The quantitative estimate of drug-likeness (QED) is 0.888. The first-order chi connectivity index (χ1) is 10.0. The Bertz CT molecular complexity index is 544. The van der Waals surface area contributed by atoms with Crippen LogP contribution in [0.1, 0.15) is 17.3 Å². The Kier molecular flexibility index (Phi) is 5.00. The fourth-order valence-electron chi connectivity index (χ4n) is 2.16. The molecule has 7 nitrogen and oxygen atoms in total. The maximum Gasteiger partial charge on any atom is 0.409 e. The number of carboxylic acid groups (broad SMARTS) is 1. The van der Waals surface area contributed by atoms with E-state index in [0.29, 0.717) is 43.1 Å². The highest BCUT2D eigenvalue weighted by molar-refractivity contribution is 9.10. The number of ether oxygens (including phenoxy) is 1. The lowest BCUT2D eigenvalue weighted by Gasteiger charge is -2.35. The Hall–Kier alpha value is -1.83. The Morgan fingerprint density at radius 1 is 1.38 bits per heavy atom. The molecule has 21 heavy (non-hydrogen) atoms. The summed E-state index contributed by atoms with van der Waals surface area (Å²) >= 11 is 3.22. The van der Waals surface area contributed by atoms with E-state index in [0.717, 1.165) is 0 Å². The van der Waals surface area contributed by atoms with E-state index in [9.17, 15) is 14.7 Å². The van der Waals surface area contributed by atoms with Crippen molar-refractivity contribution in [2.24, 2.45) is 0 Å². The second-order valence-electron chi connectivity index (χ2n) is 4.50. The van der Waals surface area contributed by atoms with Crippen LogP contribution >= 0.6 is 15.9 Å². The van der Waals surface area contributed by atoms with E-state index in [-0.39, 0.29) is 11.7 Å². The van der Waals surface area contributed by atoms with Crippen molar-refractivity contribution >= 4 is 33.8 Å². The minimum Gasteiger partial charge on any atom is -0.478 e. The van der Waals surface area contributed by atoms with Crippen molar-refractivity contribution in [3.63, 3.8) is 0 Å². The molecule has 114 valence electrons. The first-order valence-corrected chi connectivity index (χ1v) is 7.37. The zero-order valence-corrected chi connectivity index (χ0v) is 13.2. The van der Waals surface area contributed by atoms with Crippen LogP contribution in [0.5, 0.6) is 0 Å². The van der Waals surface area contributed by atoms with Gasteiger partial charge in [-0.3, -0.25) is 0 Å². The van der Waals surface area contributed by atoms with Gasteiger partial charge in [-0.25, -0.2) is 14.6 Å². The highest BCUT2D eigenvalue weighted by Gasteiger charge is 2.25. The molecule has 0 saturated carbocycles. The molecule has 1 saturated heterocycles. The second-order valence-corrected chi connectivity index (χ2v) is 5.42. The van der Waals surface area contributed by atoms with E-state index in [2.05, 4.69) is 20.9 Å². The van der Waals surface area contributed by atoms with Gasteiger partial charge in [0, 0.05) is 36.8 Å². The molecule has 0 bridgehead atoms. The second kappa shape index (κ2) is 6.75. The van der Waals surface area contributed by atoms with Gasteiger partial charge in [0.15, 0.2) is 0 Å². The highest BCUT2D eigenvalue weighted by atomic mass is 79.9. The van der Waals surface area contributed by atoms with Crippen LogP contribution in [0.15, 0.2) is 16.7 Å². The molecule has 1 N–H and O–H groups in total. The third-order valence-corrected chi connectivity index (χ3v) is 3.60. The van der Waals surface area contributed by atoms with Crippen molar-refractivity contribution in [2.45, 2.75) is 6.92 Å². The van der Waals surface area contributed by atoms with Crippen molar-refractivity contribution < 1.29 is 19.4 Å². The standard InChI is InChI=1S/C13H16BrN3O4/c1-2-21-13(20)17-5-3-16(4-6-17)11-10(12(18)19)7-9(14)8-15-11/h7-8H,2-6H2,1H3,(H,18,19). The maximum atomic E-state index is 11.6. The van der Waals surface area contributed by atoms with E-state index < -0.39 is 5.97 Å². The molecule has 0 aromatic carbocycles. The molecular formula is C13H16BrN3O4. The van der Waals surface area contributed by atoms with Crippen molar-refractivity contribution in [1.29, 1.82) is 0 Å². The average molecular weight is 358 g/mol. The van der Waals surface area contributed by atoms with Crippen LogP contribution in [-0.4, -0.2) is 59.8 Å². The van der Waals surface area contributed by atoms with E-state index in [1.807, 2.05) is 4.90 Å². The molecule has 0 unspecified atom stereocenters. The summed E-state index contributed by atoms with van der Waals surface area (Å²) in [5, 5.41) is 9.26. The lowest BCUT2D eigenvalue weighted by atomic mass is 10.2. The summed E-state index contributed by atoms with van der Waals surface area (Å²) in [5.41, 5.74) is 0.147. The normalized spacial score (nSPS) is 15.0. The summed E-state index contributed by atoms with van der Waals surface area (Å²) in [4.78, 5) is 30.6. The number of carboxylic acids is 1. The zero-order chi connectivity index (χ0) is 15.4. The first-order valence-electron chi connectivity index (χ1n) is 6.58. The third kappa shape index (κ3) is 3.63. The van der Waals surface area contributed by atoms with Gasteiger partial charge in [-0.2, -0.15) is 0 Å². The van der Waals surface area contributed by atoms with Gasteiger partial charge in [0.05, 0.1) is 6.61 Å². The minimum absolute atomic E-state index is 0.147. The van der Waals surface area contributed by atoms with Crippen LogP contribution in [-0.2, 0) is 4.74 Å². The summed E-state index contributed by atoms with van der Waals surface area (Å²) in [5.74, 6) is -0.596. The van der Waals surface area contributed by atoms with Gasteiger partial charge < -0.3 is 19.6 Å². The smallest absolute Gasteiger partial charge is 0.409 e. The predicted octanol–water partition coefficient (Wildman–Crippen LogP) is 1.82. The number of nitrogens with zero attached hydrogens (tertiary/aromatic N) is 3. The van der Waals surface area contributed by atoms with Gasteiger partial charge in [-0.1, -0.05) is 0 Å². The summed E-state index contributed by atoms with van der Waals surface area (Å²) < 4.78 is 5.57. The SMILES string of the molecule is CCOC(=O)N1CCN(c2ncc(Br)cc2C(=O)O)CC1. The Labute approximate surface area is 130 Å². The number of amides is 1. The molecule has 8 heteroatoms. The van der Waals surface area contributed by atoms with Crippen LogP contribution < -0.4 is 4.90 Å². The van der Waals surface area contributed by atoms with Crippen LogP contribution in [0.4, 0.5) is 10.6 Å². The molecule has 1 aliphatic rings. The van der Waals surface area contributed by atoms with Crippen molar-refractivity contribution in [1.82, 2.24) is 9.88 Å². The molecule has 2 rings (SSSR count). The van der Waals surface area contributed by atoms with E-state index in [4.69, 9.17) is 4.74 Å². The number of carbonyl (C=O) groups is 2. The number of piperazine rings is 1. The number of hydrogen-bond acceptors (Lipinski definition) is 5. The predicted molar refractivity (Wildman–Crippen MR) is 79.7 cm³/mol. The molecule has 1 aliphatic heterocycles. The topological polar surface area (TPSA) is 83.0 Å². The van der Waals surface area contributed by atoms with Gasteiger partial charge in [0.1, 0.15) is 11.4 Å². The molecule has 0 radical (unpaired) electrons. The molecule has 1 aromatic rings. The molecule has 2 heterocycles. The molecule has 1 amide bonds. The molecule has 1 aromatic heterocycles. The van der Waals surface area contributed by atoms with Crippen molar-refractivity contribution in [3.05, 3.63) is 22.3 Å². The molecule has 0 atom stereocenters. The van der Waals surface area contributed by atoms with E-state index >= 15 is 0 Å². The molecule has 0 spiro atoms. The lowest BCUT2D eigenvalue weighted by Crippen LogP contribution is -2.49. The number of carbonyl (C=O) groups excluding carboxylic acids is 1. The maximum absolute atomic E-state index is 11.6. The fourth-order valence-corrected chi connectivity index (χ4v) is 2.49.